The molecule has 0 aliphatic carbocycles. The molecule has 0 saturated carbocycles. The van der Waals surface area contributed by atoms with Gasteiger partial charge in [-0.3, -0.25) is 14.5 Å². The maximum absolute atomic E-state index is 12.4. The molecule has 150 valence electrons. The van der Waals surface area contributed by atoms with E-state index in [-0.39, 0.29) is 18.2 Å². The summed E-state index contributed by atoms with van der Waals surface area (Å²) in [6.45, 7) is 6.54. The number of thioether (sulfide) groups is 1. The van der Waals surface area contributed by atoms with Crippen LogP contribution in [0.4, 0.5) is 0 Å². The molecule has 1 atom stereocenters. The molecule has 1 fully saturated rings. The van der Waals surface area contributed by atoms with Gasteiger partial charge in [-0.25, -0.2) is 0 Å². The maximum atomic E-state index is 12.4. The number of aryl methyl sites for hydroxylation is 2. The van der Waals surface area contributed by atoms with Crippen molar-refractivity contribution in [2.24, 2.45) is 0 Å². The molecule has 2 amide bonds. The van der Waals surface area contributed by atoms with Gasteiger partial charge >= 0.3 is 0 Å². The smallest absolute Gasteiger partial charge is 0.237 e. The minimum Gasteiger partial charge on any atom is -0.355 e. The standard InChI is InChI=1S/C19H25N5O2S2/c1-13-5-3-4-6-15(13)12-24-9-7-21-18(26)16(24)11-17(25)20-8-10-27-19-23-22-14(2)28-19/h3-6,16H,7-12H2,1-2H3,(H,20,25)(H,21,26). The van der Waals surface area contributed by atoms with Crippen LogP contribution in [-0.4, -0.2) is 58.3 Å². The Hall–Kier alpha value is -1.97. The SMILES string of the molecule is Cc1nnc(SCCNC(=O)CC2C(=O)NCCN2Cc2ccccc2C)s1. The summed E-state index contributed by atoms with van der Waals surface area (Å²) in [4.78, 5) is 26.9. The van der Waals surface area contributed by atoms with E-state index in [1.165, 1.54) is 11.1 Å². The number of aromatic nitrogens is 2. The fourth-order valence-corrected chi connectivity index (χ4v) is 4.83. The number of nitrogens with zero attached hydrogens (tertiary/aromatic N) is 3. The van der Waals surface area contributed by atoms with Crippen molar-refractivity contribution in [1.29, 1.82) is 0 Å². The molecule has 1 aromatic carbocycles. The van der Waals surface area contributed by atoms with Crippen LogP contribution < -0.4 is 10.6 Å². The normalized spacial score (nSPS) is 17.4. The van der Waals surface area contributed by atoms with E-state index in [1.54, 1.807) is 23.1 Å². The fraction of sp³-hybridized carbons (Fsp3) is 0.474. The lowest BCUT2D eigenvalue weighted by molar-refractivity contribution is -0.134. The van der Waals surface area contributed by atoms with Gasteiger partial charge in [-0.15, -0.1) is 10.2 Å². The second-order valence-corrected chi connectivity index (χ2v) is 9.22. The van der Waals surface area contributed by atoms with Crippen LogP contribution >= 0.6 is 23.1 Å². The molecule has 2 aromatic rings. The van der Waals surface area contributed by atoms with Crippen LogP contribution in [0.2, 0.25) is 0 Å². The van der Waals surface area contributed by atoms with Crippen LogP contribution in [0.1, 0.15) is 22.6 Å². The van der Waals surface area contributed by atoms with E-state index in [1.807, 2.05) is 19.1 Å². The van der Waals surface area contributed by atoms with E-state index in [2.05, 4.69) is 44.8 Å². The molecule has 1 saturated heterocycles. The van der Waals surface area contributed by atoms with E-state index < -0.39 is 6.04 Å². The van der Waals surface area contributed by atoms with E-state index in [0.717, 1.165) is 21.6 Å². The second kappa shape index (κ2) is 9.99. The summed E-state index contributed by atoms with van der Waals surface area (Å²) in [7, 11) is 0. The van der Waals surface area contributed by atoms with Gasteiger partial charge < -0.3 is 10.6 Å². The monoisotopic (exact) mass is 419 g/mol. The van der Waals surface area contributed by atoms with Crippen molar-refractivity contribution in [3.05, 3.63) is 40.4 Å². The van der Waals surface area contributed by atoms with Crippen LogP contribution in [0.5, 0.6) is 0 Å². The van der Waals surface area contributed by atoms with Crippen molar-refractivity contribution in [1.82, 2.24) is 25.7 Å². The third-order valence-electron chi connectivity index (χ3n) is 4.61. The maximum Gasteiger partial charge on any atom is 0.237 e. The molecule has 7 nitrogen and oxygen atoms in total. The van der Waals surface area contributed by atoms with Crippen LogP contribution in [-0.2, 0) is 16.1 Å². The minimum absolute atomic E-state index is 0.0753. The average molecular weight is 420 g/mol. The predicted molar refractivity (Wildman–Crippen MR) is 111 cm³/mol. The molecule has 0 radical (unpaired) electrons. The summed E-state index contributed by atoms with van der Waals surface area (Å²) in [6.07, 6.45) is 0.167. The third-order valence-corrected chi connectivity index (χ3v) is 6.59. The molecular weight excluding hydrogens is 394 g/mol. The molecular formula is C19H25N5O2S2. The molecule has 0 bridgehead atoms. The Kier molecular flexibility index (Phi) is 7.41. The number of benzene rings is 1. The molecule has 9 heteroatoms. The highest BCUT2D eigenvalue weighted by atomic mass is 32.2. The molecule has 2 N–H and O–H groups in total. The number of piperazine rings is 1. The summed E-state index contributed by atoms with van der Waals surface area (Å²) >= 11 is 3.12. The summed E-state index contributed by atoms with van der Waals surface area (Å²) in [5.41, 5.74) is 2.38. The first kappa shape index (κ1) is 20.8. The highest BCUT2D eigenvalue weighted by molar-refractivity contribution is 8.01. The summed E-state index contributed by atoms with van der Waals surface area (Å²) in [6, 6.07) is 7.72. The van der Waals surface area contributed by atoms with Crippen LogP contribution in [0.15, 0.2) is 28.6 Å². The summed E-state index contributed by atoms with van der Waals surface area (Å²) < 4.78 is 0.905. The number of amides is 2. The highest BCUT2D eigenvalue weighted by Crippen LogP contribution is 2.21. The highest BCUT2D eigenvalue weighted by Gasteiger charge is 2.31. The van der Waals surface area contributed by atoms with Crippen molar-refractivity contribution in [2.75, 3.05) is 25.4 Å². The van der Waals surface area contributed by atoms with Gasteiger partial charge in [-0.2, -0.15) is 0 Å². The van der Waals surface area contributed by atoms with Gasteiger partial charge in [-0.1, -0.05) is 47.4 Å². The lowest BCUT2D eigenvalue weighted by Gasteiger charge is -2.35. The van der Waals surface area contributed by atoms with Crippen molar-refractivity contribution < 1.29 is 9.59 Å². The van der Waals surface area contributed by atoms with E-state index in [4.69, 9.17) is 0 Å². The molecule has 0 spiro atoms. The van der Waals surface area contributed by atoms with Crippen molar-refractivity contribution in [2.45, 2.75) is 37.2 Å². The van der Waals surface area contributed by atoms with Crippen molar-refractivity contribution in [3.8, 4) is 0 Å². The molecule has 1 aliphatic rings. The van der Waals surface area contributed by atoms with Crippen LogP contribution in [0.3, 0.4) is 0 Å². The summed E-state index contributed by atoms with van der Waals surface area (Å²) in [5.74, 6) is 0.545. The van der Waals surface area contributed by atoms with Gasteiger partial charge in [0.1, 0.15) is 5.01 Å². The van der Waals surface area contributed by atoms with Crippen LogP contribution in [0.25, 0.3) is 0 Å². The van der Waals surface area contributed by atoms with Gasteiger partial charge in [0.05, 0.1) is 12.5 Å². The Labute approximate surface area is 173 Å². The zero-order valence-electron chi connectivity index (χ0n) is 16.1. The largest absolute Gasteiger partial charge is 0.355 e. The fourth-order valence-electron chi connectivity index (χ4n) is 3.09. The first-order chi connectivity index (χ1) is 13.5. The third kappa shape index (κ3) is 5.76. The molecule has 28 heavy (non-hydrogen) atoms. The van der Waals surface area contributed by atoms with E-state index in [0.29, 0.717) is 19.6 Å². The Morgan fingerprint density at radius 2 is 2.18 bits per heavy atom. The van der Waals surface area contributed by atoms with Gasteiger partial charge in [-0.05, 0) is 25.0 Å². The summed E-state index contributed by atoms with van der Waals surface area (Å²) in [5, 5.41) is 14.8. The van der Waals surface area contributed by atoms with Crippen molar-refractivity contribution >= 4 is 34.9 Å². The molecule has 1 unspecified atom stereocenters. The van der Waals surface area contributed by atoms with Crippen LogP contribution in [0, 0.1) is 13.8 Å². The number of carbonyl (C=O) groups excluding carboxylic acids is 2. The Balaban J connectivity index is 1.50. The Bertz CT molecular complexity index is 826. The van der Waals surface area contributed by atoms with Gasteiger partial charge in [0.15, 0.2) is 4.34 Å². The van der Waals surface area contributed by atoms with Gasteiger partial charge in [0, 0.05) is 31.9 Å². The van der Waals surface area contributed by atoms with Crippen molar-refractivity contribution in [3.63, 3.8) is 0 Å². The first-order valence-corrected chi connectivity index (χ1v) is 11.1. The lowest BCUT2D eigenvalue weighted by atomic mass is 10.0. The number of nitrogens with one attached hydrogen (secondary N) is 2. The zero-order valence-corrected chi connectivity index (χ0v) is 17.7. The number of hydrogen-bond acceptors (Lipinski definition) is 7. The molecule has 1 aromatic heterocycles. The number of rotatable bonds is 8. The molecule has 3 rings (SSSR count). The molecule has 1 aliphatic heterocycles. The molecule has 2 heterocycles. The zero-order chi connectivity index (χ0) is 19.9. The Morgan fingerprint density at radius 3 is 2.93 bits per heavy atom. The quantitative estimate of drug-likeness (QED) is 0.501. The topological polar surface area (TPSA) is 87.2 Å². The van der Waals surface area contributed by atoms with E-state index >= 15 is 0 Å². The van der Waals surface area contributed by atoms with Gasteiger partial charge in [0.25, 0.3) is 0 Å². The predicted octanol–water partition coefficient (Wildman–Crippen LogP) is 1.75. The lowest BCUT2D eigenvalue weighted by Crippen LogP contribution is -2.56. The Morgan fingerprint density at radius 1 is 1.36 bits per heavy atom. The van der Waals surface area contributed by atoms with Gasteiger partial charge in [0.2, 0.25) is 11.8 Å². The first-order valence-electron chi connectivity index (χ1n) is 9.29. The number of hydrogen-bond donors (Lipinski definition) is 2. The average Bonchev–Trinajstić information content (AvgIpc) is 3.09. The minimum atomic E-state index is -0.438. The van der Waals surface area contributed by atoms with E-state index in [9.17, 15) is 9.59 Å². The number of carbonyl (C=O) groups is 2. The second-order valence-electron chi connectivity index (χ2n) is 6.69.